The third-order valence-electron chi connectivity index (χ3n) is 6.00. The third-order valence-corrected chi connectivity index (χ3v) is 6.19. The maximum Gasteiger partial charge on any atom is 0.319 e. The summed E-state index contributed by atoms with van der Waals surface area (Å²) in [7, 11) is 0. The molecule has 0 spiro atoms. The topological polar surface area (TPSA) is 88.0 Å². The van der Waals surface area contributed by atoms with Crippen molar-refractivity contribution in [1.29, 1.82) is 0 Å². The van der Waals surface area contributed by atoms with E-state index in [2.05, 4.69) is 20.9 Å². The number of pyridine rings is 1. The van der Waals surface area contributed by atoms with Crippen molar-refractivity contribution in [3.8, 4) is 0 Å². The number of hydrogen-bond acceptors (Lipinski definition) is 3. The van der Waals surface area contributed by atoms with Gasteiger partial charge in [-0.15, -0.1) is 11.6 Å². The monoisotopic (exact) mass is 539 g/mol. The molecule has 0 aliphatic rings. The zero-order chi connectivity index (χ0) is 27.2. The Bertz CT molecular complexity index is 1460. The Hall–Kier alpha value is -3.98. The molecule has 0 unspecified atom stereocenters. The predicted octanol–water partition coefficient (Wildman–Crippen LogP) is 5.78. The number of amides is 3. The van der Waals surface area contributed by atoms with Crippen LogP contribution in [0.4, 0.5) is 19.3 Å². The van der Waals surface area contributed by atoms with Crippen LogP contribution in [0, 0.1) is 11.6 Å². The molecule has 7 nitrogen and oxygen atoms in total. The van der Waals surface area contributed by atoms with Crippen LogP contribution in [-0.2, 0) is 13.1 Å². The maximum absolute atomic E-state index is 13.7. The van der Waals surface area contributed by atoms with Crippen molar-refractivity contribution in [2.75, 3.05) is 17.7 Å². The van der Waals surface area contributed by atoms with Crippen LogP contribution in [0.3, 0.4) is 0 Å². The highest BCUT2D eigenvalue weighted by Crippen LogP contribution is 2.34. The van der Waals surface area contributed by atoms with Crippen molar-refractivity contribution < 1.29 is 18.4 Å². The third kappa shape index (κ3) is 6.11. The molecule has 0 radical (unpaired) electrons. The van der Waals surface area contributed by atoms with Crippen LogP contribution in [0.25, 0.3) is 10.9 Å². The average Bonchev–Trinajstić information content (AvgIpc) is 3.22. The van der Waals surface area contributed by atoms with E-state index in [1.54, 1.807) is 18.3 Å². The minimum absolute atomic E-state index is 0.0286. The summed E-state index contributed by atoms with van der Waals surface area (Å²) in [6.45, 7) is 4.75. The van der Waals surface area contributed by atoms with Gasteiger partial charge in [0.2, 0.25) is 0 Å². The molecule has 4 rings (SSSR count). The second-order valence-electron chi connectivity index (χ2n) is 9.06. The molecular weight excluding hydrogens is 512 g/mol. The van der Waals surface area contributed by atoms with E-state index in [-0.39, 0.29) is 24.4 Å². The van der Waals surface area contributed by atoms with Crippen molar-refractivity contribution in [1.82, 2.24) is 20.2 Å². The highest BCUT2D eigenvalue weighted by molar-refractivity contribution is 6.18. The fourth-order valence-corrected chi connectivity index (χ4v) is 4.46. The van der Waals surface area contributed by atoms with Crippen LogP contribution >= 0.6 is 11.6 Å². The summed E-state index contributed by atoms with van der Waals surface area (Å²) >= 11 is 5.66. The van der Waals surface area contributed by atoms with Gasteiger partial charge < -0.3 is 20.5 Å². The summed E-state index contributed by atoms with van der Waals surface area (Å²) in [6, 6.07) is 14.1. The number of halogens is 3. The number of hydrogen-bond donors (Lipinski definition) is 3. The van der Waals surface area contributed by atoms with Crippen LogP contribution < -0.4 is 16.0 Å². The number of nitrogens with zero attached hydrogens (tertiary/aromatic N) is 2. The van der Waals surface area contributed by atoms with Crippen molar-refractivity contribution in [2.45, 2.75) is 32.9 Å². The Morgan fingerprint density at radius 1 is 1.03 bits per heavy atom. The van der Waals surface area contributed by atoms with Gasteiger partial charge in [0.05, 0.1) is 23.3 Å². The van der Waals surface area contributed by atoms with Gasteiger partial charge in [0.25, 0.3) is 5.91 Å². The molecule has 0 atom stereocenters. The van der Waals surface area contributed by atoms with Crippen molar-refractivity contribution in [2.24, 2.45) is 0 Å². The molecule has 0 bridgehead atoms. The van der Waals surface area contributed by atoms with Gasteiger partial charge in [-0.2, -0.15) is 0 Å². The summed E-state index contributed by atoms with van der Waals surface area (Å²) in [6.07, 6.45) is 1.71. The molecule has 38 heavy (non-hydrogen) atoms. The Morgan fingerprint density at radius 2 is 1.84 bits per heavy atom. The Kier molecular flexibility index (Phi) is 8.58. The Morgan fingerprint density at radius 3 is 2.53 bits per heavy atom. The Labute approximate surface area is 224 Å². The lowest BCUT2D eigenvalue weighted by Crippen LogP contribution is -2.30. The zero-order valence-corrected chi connectivity index (χ0v) is 21.8. The lowest BCUT2D eigenvalue weighted by Gasteiger charge is -2.15. The second-order valence-corrected chi connectivity index (χ2v) is 9.43. The molecule has 0 saturated carbocycles. The van der Waals surface area contributed by atoms with E-state index in [4.69, 9.17) is 11.6 Å². The average molecular weight is 540 g/mol. The van der Waals surface area contributed by atoms with Crippen LogP contribution in [0.2, 0.25) is 0 Å². The van der Waals surface area contributed by atoms with Crippen LogP contribution in [0.1, 0.15) is 47.1 Å². The van der Waals surface area contributed by atoms with E-state index >= 15 is 0 Å². The normalized spacial score (nSPS) is 11.1. The molecule has 0 saturated heterocycles. The number of alkyl halides is 1. The Balaban J connectivity index is 1.76. The van der Waals surface area contributed by atoms with E-state index in [1.807, 2.05) is 42.7 Å². The van der Waals surface area contributed by atoms with Gasteiger partial charge in [-0.05, 0) is 53.9 Å². The maximum atomic E-state index is 13.7. The van der Waals surface area contributed by atoms with Gasteiger partial charge in [0.15, 0.2) is 11.6 Å². The molecule has 0 aliphatic heterocycles. The second kappa shape index (κ2) is 12.0. The lowest BCUT2D eigenvalue weighted by atomic mass is 10.0. The van der Waals surface area contributed by atoms with Gasteiger partial charge in [-0.25, -0.2) is 13.6 Å². The van der Waals surface area contributed by atoms with Crippen molar-refractivity contribution in [3.63, 3.8) is 0 Å². The molecule has 3 amide bonds. The van der Waals surface area contributed by atoms with Crippen molar-refractivity contribution >= 4 is 40.1 Å². The summed E-state index contributed by atoms with van der Waals surface area (Å²) in [5.74, 6) is -2.01. The van der Waals surface area contributed by atoms with Crippen LogP contribution in [0.15, 0.2) is 60.8 Å². The van der Waals surface area contributed by atoms with Gasteiger partial charge in [-0.3, -0.25) is 9.78 Å². The first-order valence-corrected chi connectivity index (χ1v) is 12.7. The van der Waals surface area contributed by atoms with E-state index in [0.717, 1.165) is 29.0 Å². The first-order chi connectivity index (χ1) is 18.3. The molecule has 0 aliphatic carbocycles. The number of rotatable bonds is 9. The number of aromatic nitrogens is 2. The number of urea groups is 1. The summed E-state index contributed by atoms with van der Waals surface area (Å²) in [5, 5.41) is 9.00. The standard InChI is InChI=1S/C28H28ClF2N5O2/c1-17(2)26-25(27(37)34-15-18-6-9-22(30)23(31)13-18)21-8-7-19(35-28(38)33-12-10-29)14-24(21)36(26)16-20-5-3-4-11-32-20/h3-9,11,13-14,17H,10,12,15-16H2,1-2H3,(H,34,37)(H2,33,35,38). The summed E-state index contributed by atoms with van der Waals surface area (Å²) in [4.78, 5) is 30.2. The van der Waals surface area contributed by atoms with Crippen LogP contribution in [0.5, 0.6) is 0 Å². The number of fused-ring (bicyclic) bond motifs is 1. The number of nitrogens with one attached hydrogen (secondary N) is 3. The van der Waals surface area contributed by atoms with E-state index in [0.29, 0.717) is 41.2 Å². The fraction of sp³-hybridized carbons (Fsp3) is 0.250. The minimum atomic E-state index is -0.971. The molecule has 0 fully saturated rings. The van der Waals surface area contributed by atoms with E-state index in [9.17, 15) is 18.4 Å². The summed E-state index contributed by atoms with van der Waals surface area (Å²) in [5.41, 5.74) is 3.80. The largest absolute Gasteiger partial charge is 0.348 e. The summed E-state index contributed by atoms with van der Waals surface area (Å²) < 4.78 is 29.0. The lowest BCUT2D eigenvalue weighted by molar-refractivity contribution is 0.0951. The minimum Gasteiger partial charge on any atom is -0.348 e. The number of carbonyl (C=O) groups excluding carboxylic acids is 2. The molecular formula is C28H28ClF2N5O2. The van der Waals surface area contributed by atoms with Crippen molar-refractivity contribution in [3.05, 3.63) is 94.9 Å². The smallest absolute Gasteiger partial charge is 0.319 e. The number of benzene rings is 2. The first-order valence-electron chi connectivity index (χ1n) is 12.2. The number of carbonyl (C=O) groups is 2. The molecule has 198 valence electrons. The zero-order valence-electron chi connectivity index (χ0n) is 21.0. The van der Waals surface area contributed by atoms with E-state index < -0.39 is 11.6 Å². The predicted molar refractivity (Wildman–Crippen MR) is 145 cm³/mol. The molecule has 4 aromatic rings. The highest BCUT2D eigenvalue weighted by atomic mass is 35.5. The van der Waals surface area contributed by atoms with Gasteiger partial charge in [0, 0.05) is 41.9 Å². The van der Waals surface area contributed by atoms with Gasteiger partial charge >= 0.3 is 6.03 Å². The molecule has 10 heteroatoms. The molecule has 2 aromatic carbocycles. The SMILES string of the molecule is CC(C)c1c(C(=O)NCc2ccc(F)c(F)c2)c2ccc(NC(=O)NCCCl)cc2n1Cc1ccccn1. The first kappa shape index (κ1) is 27.1. The number of anilines is 1. The van der Waals surface area contributed by atoms with E-state index in [1.165, 1.54) is 6.07 Å². The van der Waals surface area contributed by atoms with Crippen LogP contribution in [-0.4, -0.2) is 33.9 Å². The quantitative estimate of drug-likeness (QED) is 0.236. The highest BCUT2D eigenvalue weighted by Gasteiger charge is 2.25. The fourth-order valence-electron chi connectivity index (χ4n) is 4.37. The van der Waals surface area contributed by atoms with Gasteiger partial charge in [0.1, 0.15) is 0 Å². The molecule has 2 aromatic heterocycles. The molecule has 3 N–H and O–H groups in total. The molecule has 2 heterocycles. The van der Waals surface area contributed by atoms with Gasteiger partial charge in [-0.1, -0.05) is 26.0 Å².